The maximum Gasteiger partial charge on any atom is 0.0788 e. The lowest BCUT2D eigenvalue weighted by Gasteiger charge is -2.29. The van der Waals surface area contributed by atoms with Gasteiger partial charge in [-0.2, -0.15) is 10.2 Å². The number of azo groups is 1. The molecule has 0 heterocycles. The van der Waals surface area contributed by atoms with Crippen LogP contribution in [0, 0.1) is 11.8 Å². The number of hydrogen-bond acceptors (Lipinski definition) is 2. The highest BCUT2D eigenvalue weighted by Gasteiger charge is 2.27. The number of rotatable bonds is 8. The quantitative estimate of drug-likeness (QED) is 0.484. The third kappa shape index (κ3) is 6.51. The predicted molar refractivity (Wildman–Crippen MR) is 81.2 cm³/mol. The molecule has 2 atom stereocenters. The molecule has 0 aliphatic carbocycles. The average molecular weight is 254 g/mol. The summed E-state index contributed by atoms with van der Waals surface area (Å²) in [6.45, 7) is 17.9. The molecule has 0 aromatic heterocycles. The van der Waals surface area contributed by atoms with Gasteiger partial charge in [-0.1, -0.05) is 41.5 Å². The molecule has 0 saturated heterocycles. The second-order valence-corrected chi connectivity index (χ2v) is 7.10. The summed E-state index contributed by atoms with van der Waals surface area (Å²) in [7, 11) is 0. The van der Waals surface area contributed by atoms with Crippen molar-refractivity contribution < 1.29 is 0 Å². The van der Waals surface area contributed by atoms with Crippen LogP contribution >= 0.6 is 0 Å². The molecular formula is C16H34N2. The van der Waals surface area contributed by atoms with Gasteiger partial charge in [-0.25, -0.2) is 0 Å². The molecule has 0 aliphatic rings. The summed E-state index contributed by atoms with van der Waals surface area (Å²) in [5.74, 6) is 1.35. The van der Waals surface area contributed by atoms with Crippen molar-refractivity contribution in [1.29, 1.82) is 0 Å². The molecule has 0 aromatic carbocycles. The van der Waals surface area contributed by atoms with Crippen LogP contribution in [0.4, 0.5) is 0 Å². The lowest BCUT2D eigenvalue weighted by atomic mass is 9.88. The van der Waals surface area contributed by atoms with Crippen molar-refractivity contribution >= 4 is 0 Å². The highest BCUT2D eigenvalue weighted by Crippen LogP contribution is 2.30. The maximum atomic E-state index is 4.74. The van der Waals surface area contributed by atoms with Gasteiger partial charge in [0, 0.05) is 0 Å². The second kappa shape index (κ2) is 7.25. The van der Waals surface area contributed by atoms with E-state index in [1.165, 1.54) is 0 Å². The molecule has 0 spiro atoms. The number of nitrogens with zero attached hydrogens (tertiary/aromatic N) is 2. The van der Waals surface area contributed by atoms with E-state index in [4.69, 9.17) is 10.2 Å². The fourth-order valence-electron chi connectivity index (χ4n) is 2.51. The highest BCUT2D eigenvalue weighted by atomic mass is 15.2. The first-order chi connectivity index (χ1) is 8.16. The Balaban J connectivity index is 4.83. The van der Waals surface area contributed by atoms with E-state index < -0.39 is 0 Å². The van der Waals surface area contributed by atoms with Gasteiger partial charge < -0.3 is 0 Å². The summed E-state index contributed by atoms with van der Waals surface area (Å²) in [6.07, 6.45) is 4.37. The normalized spacial score (nSPS) is 19.4. The third-order valence-electron chi connectivity index (χ3n) is 3.75. The van der Waals surface area contributed by atoms with Gasteiger partial charge in [0.25, 0.3) is 0 Å². The molecule has 0 aliphatic heterocycles. The Morgan fingerprint density at radius 3 is 1.17 bits per heavy atom. The largest absolute Gasteiger partial charge is 0.187 e. The minimum Gasteiger partial charge on any atom is -0.187 e. The zero-order valence-electron chi connectivity index (χ0n) is 13.9. The Morgan fingerprint density at radius 1 is 0.722 bits per heavy atom. The van der Waals surface area contributed by atoms with Gasteiger partial charge in [0.05, 0.1) is 11.1 Å². The molecule has 0 fully saturated rings. The molecule has 2 nitrogen and oxygen atoms in total. The monoisotopic (exact) mass is 254 g/mol. The molecule has 0 N–H and O–H groups in total. The topological polar surface area (TPSA) is 24.7 Å². The smallest absolute Gasteiger partial charge is 0.0788 e. The molecule has 2 unspecified atom stereocenters. The molecule has 2 heteroatoms. The van der Waals surface area contributed by atoms with E-state index in [0.29, 0.717) is 11.8 Å². The van der Waals surface area contributed by atoms with E-state index in [9.17, 15) is 0 Å². The van der Waals surface area contributed by atoms with E-state index >= 15 is 0 Å². The van der Waals surface area contributed by atoms with Crippen LogP contribution in [-0.2, 0) is 0 Å². The summed E-state index contributed by atoms with van der Waals surface area (Å²) in [6, 6.07) is 0. The summed E-state index contributed by atoms with van der Waals surface area (Å²) < 4.78 is 0. The molecule has 108 valence electrons. The summed E-state index contributed by atoms with van der Waals surface area (Å²) in [4.78, 5) is 0. The number of hydrogen-bond donors (Lipinski definition) is 0. The standard InChI is InChI=1S/C16H34N2/c1-9-15(7,11-13(3)4)17-18-16(8,10-2)12-14(5)6/h13-14H,9-12H2,1-8H3. The average Bonchev–Trinajstić information content (AvgIpc) is 2.25. The summed E-state index contributed by atoms with van der Waals surface area (Å²) in [5, 5.41) is 9.47. The van der Waals surface area contributed by atoms with Crippen molar-refractivity contribution in [1.82, 2.24) is 0 Å². The van der Waals surface area contributed by atoms with Crippen molar-refractivity contribution in [2.24, 2.45) is 22.1 Å². The van der Waals surface area contributed by atoms with Gasteiger partial charge in [-0.15, -0.1) is 0 Å². The molecule has 0 radical (unpaired) electrons. The summed E-state index contributed by atoms with van der Waals surface area (Å²) in [5.41, 5.74) is 0.0309. The van der Waals surface area contributed by atoms with Crippen LogP contribution in [0.25, 0.3) is 0 Å². The minimum atomic E-state index is 0.0155. The van der Waals surface area contributed by atoms with Crippen LogP contribution in [0.5, 0.6) is 0 Å². The molecule has 0 saturated carbocycles. The van der Waals surface area contributed by atoms with Gasteiger partial charge in [-0.05, 0) is 51.4 Å². The van der Waals surface area contributed by atoms with Crippen molar-refractivity contribution in [2.75, 3.05) is 0 Å². The van der Waals surface area contributed by atoms with Crippen molar-refractivity contribution in [2.45, 2.75) is 92.2 Å². The van der Waals surface area contributed by atoms with E-state index in [2.05, 4.69) is 55.4 Å². The maximum absolute atomic E-state index is 4.74. The Hall–Kier alpha value is -0.400. The van der Waals surface area contributed by atoms with Crippen LogP contribution in [-0.4, -0.2) is 11.1 Å². The van der Waals surface area contributed by atoms with Crippen LogP contribution in [0.1, 0.15) is 81.1 Å². The Labute approximate surface area is 115 Å². The van der Waals surface area contributed by atoms with Gasteiger partial charge in [0.2, 0.25) is 0 Å². The van der Waals surface area contributed by atoms with Crippen molar-refractivity contribution in [3.63, 3.8) is 0 Å². The van der Waals surface area contributed by atoms with Gasteiger partial charge >= 0.3 is 0 Å². The van der Waals surface area contributed by atoms with E-state index in [1.54, 1.807) is 0 Å². The molecule has 0 amide bonds. The van der Waals surface area contributed by atoms with Crippen LogP contribution in [0.2, 0.25) is 0 Å². The first-order valence-electron chi connectivity index (χ1n) is 7.60. The van der Waals surface area contributed by atoms with E-state index in [-0.39, 0.29) is 11.1 Å². The first kappa shape index (κ1) is 17.6. The zero-order valence-corrected chi connectivity index (χ0v) is 13.9. The molecule has 0 rings (SSSR count). The van der Waals surface area contributed by atoms with Crippen LogP contribution in [0.15, 0.2) is 10.2 Å². The van der Waals surface area contributed by atoms with E-state index in [1.807, 2.05) is 0 Å². The lowest BCUT2D eigenvalue weighted by molar-refractivity contribution is 0.295. The second-order valence-electron chi connectivity index (χ2n) is 7.10. The van der Waals surface area contributed by atoms with Crippen LogP contribution in [0.3, 0.4) is 0 Å². The Bertz CT molecular complexity index is 232. The Morgan fingerprint density at radius 2 is 1.00 bits per heavy atom. The molecule has 18 heavy (non-hydrogen) atoms. The fourth-order valence-corrected chi connectivity index (χ4v) is 2.51. The third-order valence-corrected chi connectivity index (χ3v) is 3.75. The molecule has 0 bridgehead atoms. The zero-order chi connectivity index (χ0) is 14.4. The molecule has 0 aromatic rings. The van der Waals surface area contributed by atoms with E-state index in [0.717, 1.165) is 25.7 Å². The highest BCUT2D eigenvalue weighted by molar-refractivity contribution is 4.86. The van der Waals surface area contributed by atoms with Gasteiger partial charge in [-0.3, -0.25) is 0 Å². The van der Waals surface area contributed by atoms with Crippen molar-refractivity contribution in [3.8, 4) is 0 Å². The predicted octanol–water partition coefficient (Wildman–Crippen LogP) is 5.87. The molecular weight excluding hydrogens is 220 g/mol. The summed E-state index contributed by atoms with van der Waals surface area (Å²) >= 11 is 0. The van der Waals surface area contributed by atoms with Crippen molar-refractivity contribution in [3.05, 3.63) is 0 Å². The Kier molecular flexibility index (Phi) is 7.09. The van der Waals surface area contributed by atoms with Gasteiger partial charge in [0.1, 0.15) is 0 Å². The van der Waals surface area contributed by atoms with Gasteiger partial charge in [0.15, 0.2) is 0 Å². The van der Waals surface area contributed by atoms with Crippen LogP contribution < -0.4 is 0 Å². The SMILES string of the molecule is CCC(C)(CC(C)C)N=NC(C)(CC)CC(C)C. The first-order valence-corrected chi connectivity index (χ1v) is 7.60. The minimum absolute atomic E-state index is 0.0155. The fraction of sp³-hybridized carbons (Fsp3) is 1.00. The lowest BCUT2D eigenvalue weighted by Crippen LogP contribution is -2.27.